The van der Waals surface area contributed by atoms with Crippen LogP contribution in [0, 0.1) is 0 Å². The van der Waals surface area contributed by atoms with Crippen LogP contribution >= 0.6 is 39.0 Å². The van der Waals surface area contributed by atoms with Crippen LogP contribution in [0.1, 0.15) is 6.92 Å². The van der Waals surface area contributed by atoms with E-state index in [1.165, 1.54) is 5.75 Å². The summed E-state index contributed by atoms with van der Waals surface area (Å²) in [6.07, 6.45) is 0. The summed E-state index contributed by atoms with van der Waals surface area (Å²) < 4.78 is 0.957. The summed E-state index contributed by atoms with van der Waals surface area (Å²) in [5.74, 6) is 1.22. The van der Waals surface area contributed by atoms with E-state index in [0.29, 0.717) is 0 Å². The Morgan fingerprint density at radius 2 is 2.54 bits per heavy atom. The predicted molar refractivity (Wildman–Crippen MR) is 63.9 cm³/mol. The van der Waals surface area contributed by atoms with Gasteiger partial charge in [0.1, 0.15) is 4.60 Å². The van der Waals surface area contributed by atoms with Gasteiger partial charge in [0.15, 0.2) is 5.13 Å². The molecule has 0 aliphatic carbocycles. The number of aromatic nitrogens is 1. The Labute approximate surface area is 94.9 Å². The first kappa shape index (κ1) is 9.80. The van der Waals surface area contributed by atoms with Crippen LogP contribution in [-0.4, -0.2) is 29.1 Å². The molecule has 2 heterocycles. The summed E-state index contributed by atoms with van der Waals surface area (Å²) in [6, 6.07) is 0. The summed E-state index contributed by atoms with van der Waals surface area (Å²) in [5, 5.41) is 3.93. The molecule has 1 aliphatic heterocycles. The molecule has 1 atom stereocenters. The third-order valence-electron chi connectivity index (χ3n) is 1.98. The van der Waals surface area contributed by atoms with Gasteiger partial charge in [0, 0.05) is 29.5 Å². The molecule has 1 unspecified atom stereocenters. The van der Waals surface area contributed by atoms with Crippen molar-refractivity contribution in [3.8, 4) is 0 Å². The van der Waals surface area contributed by atoms with Crippen LogP contribution in [0.3, 0.4) is 0 Å². The molecule has 0 bridgehead atoms. The fraction of sp³-hybridized carbons (Fsp3) is 0.625. The third kappa shape index (κ3) is 2.39. The molecule has 0 spiro atoms. The molecule has 72 valence electrons. The first-order valence-corrected chi connectivity index (χ1v) is 6.95. The zero-order chi connectivity index (χ0) is 9.26. The minimum Gasteiger partial charge on any atom is -0.346 e. The number of anilines is 1. The Morgan fingerprint density at radius 3 is 3.15 bits per heavy atom. The molecule has 1 fully saturated rings. The van der Waals surface area contributed by atoms with Crippen LogP contribution in [0.4, 0.5) is 5.13 Å². The lowest BCUT2D eigenvalue weighted by atomic mass is 10.4. The molecule has 2 rings (SSSR count). The van der Waals surface area contributed by atoms with Gasteiger partial charge in [0.05, 0.1) is 0 Å². The van der Waals surface area contributed by atoms with Gasteiger partial charge in [-0.1, -0.05) is 6.92 Å². The molecule has 5 heteroatoms. The summed E-state index contributed by atoms with van der Waals surface area (Å²) in [4.78, 5) is 6.79. The molecular formula is C8H11BrN2S2. The first-order valence-electron chi connectivity index (χ1n) is 4.23. The van der Waals surface area contributed by atoms with Crippen molar-refractivity contribution in [3.05, 3.63) is 9.98 Å². The van der Waals surface area contributed by atoms with Crippen molar-refractivity contribution in [1.29, 1.82) is 0 Å². The summed E-state index contributed by atoms with van der Waals surface area (Å²) >= 11 is 7.14. The lowest BCUT2D eigenvalue weighted by Crippen LogP contribution is -2.36. The molecule has 13 heavy (non-hydrogen) atoms. The fourth-order valence-corrected chi connectivity index (χ4v) is 3.68. The van der Waals surface area contributed by atoms with Crippen molar-refractivity contribution in [3.63, 3.8) is 0 Å². The van der Waals surface area contributed by atoms with Crippen LogP contribution in [0.25, 0.3) is 0 Å². The van der Waals surface area contributed by atoms with E-state index in [4.69, 9.17) is 0 Å². The number of hydrogen-bond donors (Lipinski definition) is 0. The SMILES string of the molecule is CC1CN(c2nc(Br)cs2)CCS1. The van der Waals surface area contributed by atoms with Gasteiger partial charge in [-0.25, -0.2) is 4.98 Å². The molecule has 0 amide bonds. The molecular weight excluding hydrogens is 268 g/mol. The minimum absolute atomic E-state index is 0.733. The quantitative estimate of drug-likeness (QED) is 0.786. The molecule has 0 aromatic carbocycles. The highest BCUT2D eigenvalue weighted by Gasteiger charge is 2.18. The van der Waals surface area contributed by atoms with E-state index in [1.54, 1.807) is 11.3 Å². The highest BCUT2D eigenvalue weighted by Crippen LogP contribution is 2.27. The number of nitrogens with zero attached hydrogens (tertiary/aromatic N) is 2. The second kappa shape index (κ2) is 4.19. The van der Waals surface area contributed by atoms with Crippen molar-refractivity contribution in [2.24, 2.45) is 0 Å². The predicted octanol–water partition coefficient (Wildman–Crippen LogP) is 2.85. The van der Waals surface area contributed by atoms with Gasteiger partial charge in [-0.05, 0) is 15.9 Å². The average Bonchev–Trinajstić information content (AvgIpc) is 2.52. The molecule has 1 aliphatic rings. The second-order valence-electron chi connectivity index (χ2n) is 3.08. The maximum atomic E-state index is 4.42. The molecule has 1 aromatic rings. The maximum Gasteiger partial charge on any atom is 0.186 e. The van der Waals surface area contributed by atoms with Gasteiger partial charge in [0.25, 0.3) is 0 Å². The lowest BCUT2D eigenvalue weighted by molar-refractivity contribution is 0.778. The highest BCUT2D eigenvalue weighted by molar-refractivity contribution is 9.10. The topological polar surface area (TPSA) is 16.1 Å². The summed E-state index contributed by atoms with van der Waals surface area (Å²) in [5.41, 5.74) is 0. The van der Waals surface area contributed by atoms with Crippen molar-refractivity contribution >= 4 is 44.2 Å². The Bertz CT molecular complexity index is 289. The molecule has 0 saturated carbocycles. The molecule has 1 aromatic heterocycles. The summed E-state index contributed by atoms with van der Waals surface area (Å²) in [6.45, 7) is 4.54. The fourth-order valence-electron chi connectivity index (χ4n) is 1.38. The van der Waals surface area contributed by atoms with E-state index in [2.05, 4.69) is 32.7 Å². The normalized spacial score (nSPS) is 23.5. The molecule has 1 saturated heterocycles. The monoisotopic (exact) mass is 278 g/mol. The van der Waals surface area contributed by atoms with E-state index < -0.39 is 0 Å². The number of thioether (sulfide) groups is 1. The van der Waals surface area contributed by atoms with Gasteiger partial charge < -0.3 is 4.90 Å². The van der Waals surface area contributed by atoms with E-state index in [9.17, 15) is 0 Å². The Balaban J connectivity index is 2.08. The van der Waals surface area contributed by atoms with Gasteiger partial charge >= 0.3 is 0 Å². The first-order chi connectivity index (χ1) is 6.25. The lowest BCUT2D eigenvalue weighted by Gasteiger charge is -2.30. The van der Waals surface area contributed by atoms with Gasteiger partial charge in [-0.3, -0.25) is 0 Å². The zero-order valence-electron chi connectivity index (χ0n) is 7.36. The van der Waals surface area contributed by atoms with E-state index in [1.807, 2.05) is 17.1 Å². The molecule has 0 radical (unpaired) electrons. The average molecular weight is 279 g/mol. The van der Waals surface area contributed by atoms with Crippen LogP contribution in [0.2, 0.25) is 0 Å². The van der Waals surface area contributed by atoms with Crippen molar-refractivity contribution in [2.45, 2.75) is 12.2 Å². The van der Waals surface area contributed by atoms with E-state index in [0.717, 1.165) is 28.1 Å². The van der Waals surface area contributed by atoms with E-state index >= 15 is 0 Å². The minimum atomic E-state index is 0.733. The smallest absolute Gasteiger partial charge is 0.186 e. The van der Waals surface area contributed by atoms with Gasteiger partial charge in [0.2, 0.25) is 0 Å². The third-order valence-corrected chi connectivity index (χ3v) is 4.72. The second-order valence-corrected chi connectivity index (χ2v) is 6.28. The Hall–Kier alpha value is 0.260. The van der Waals surface area contributed by atoms with Crippen molar-refractivity contribution in [2.75, 3.05) is 23.7 Å². The number of hydrogen-bond acceptors (Lipinski definition) is 4. The number of rotatable bonds is 1. The largest absolute Gasteiger partial charge is 0.346 e. The van der Waals surface area contributed by atoms with Crippen LogP contribution in [0.5, 0.6) is 0 Å². The number of halogens is 1. The number of thiazole rings is 1. The van der Waals surface area contributed by atoms with Crippen LogP contribution < -0.4 is 4.90 Å². The van der Waals surface area contributed by atoms with E-state index in [-0.39, 0.29) is 0 Å². The Morgan fingerprint density at radius 1 is 1.69 bits per heavy atom. The van der Waals surface area contributed by atoms with Crippen LogP contribution in [-0.2, 0) is 0 Å². The Kier molecular flexibility index (Phi) is 3.16. The van der Waals surface area contributed by atoms with Crippen LogP contribution in [0.15, 0.2) is 9.98 Å². The standard InChI is InChI=1S/C8H11BrN2S2/c1-6-4-11(2-3-12-6)8-10-7(9)5-13-8/h5-6H,2-4H2,1H3. The molecule has 2 nitrogen and oxygen atoms in total. The zero-order valence-corrected chi connectivity index (χ0v) is 10.6. The maximum absolute atomic E-state index is 4.42. The van der Waals surface area contributed by atoms with Crippen molar-refractivity contribution in [1.82, 2.24) is 4.98 Å². The van der Waals surface area contributed by atoms with Gasteiger partial charge in [-0.2, -0.15) is 11.8 Å². The molecule has 0 N–H and O–H groups in total. The van der Waals surface area contributed by atoms with Crippen molar-refractivity contribution < 1.29 is 0 Å². The highest BCUT2D eigenvalue weighted by atomic mass is 79.9. The van der Waals surface area contributed by atoms with Gasteiger partial charge in [-0.15, -0.1) is 11.3 Å². The summed E-state index contributed by atoms with van der Waals surface area (Å²) in [7, 11) is 0.